The Morgan fingerprint density at radius 3 is 2.87 bits per heavy atom. The van der Waals surface area contributed by atoms with Crippen LogP contribution in [0.2, 0.25) is 0 Å². The average molecular weight is 270 g/mol. The number of halogens is 2. The monoisotopic (exact) mass is 269 g/mol. The van der Waals surface area contributed by atoms with Crippen molar-refractivity contribution in [2.75, 3.05) is 7.05 Å². The largest absolute Gasteiger partial charge is 0.312 e. The molecule has 0 saturated heterocycles. The molecular formula is C12H13BrFN. The molecule has 1 N–H and O–H groups in total. The molecule has 80 valence electrons. The fourth-order valence-electron chi connectivity index (χ4n) is 1.35. The highest BCUT2D eigenvalue weighted by Gasteiger charge is 2.12. The normalized spacial score (nSPS) is 11.7. The molecule has 0 radical (unpaired) electrons. The fourth-order valence-corrected chi connectivity index (χ4v) is 1.88. The van der Waals surface area contributed by atoms with E-state index in [0.717, 1.165) is 10.0 Å². The molecule has 1 aromatic carbocycles. The quantitative estimate of drug-likeness (QED) is 0.831. The van der Waals surface area contributed by atoms with E-state index in [1.807, 2.05) is 7.05 Å². The zero-order valence-electron chi connectivity index (χ0n) is 8.77. The zero-order valence-corrected chi connectivity index (χ0v) is 10.4. The number of benzene rings is 1. The Morgan fingerprint density at radius 2 is 2.27 bits per heavy atom. The van der Waals surface area contributed by atoms with Crippen LogP contribution in [0.15, 0.2) is 22.7 Å². The van der Waals surface area contributed by atoms with Gasteiger partial charge >= 0.3 is 0 Å². The van der Waals surface area contributed by atoms with Crippen molar-refractivity contribution >= 4 is 15.9 Å². The maximum atomic E-state index is 13.1. The van der Waals surface area contributed by atoms with Crippen LogP contribution in [-0.2, 0) is 0 Å². The summed E-state index contributed by atoms with van der Waals surface area (Å²) in [5, 5.41) is 3.12. The Hall–Kier alpha value is -0.850. The van der Waals surface area contributed by atoms with Crippen LogP contribution in [0.4, 0.5) is 4.39 Å². The summed E-state index contributed by atoms with van der Waals surface area (Å²) < 4.78 is 14.0. The van der Waals surface area contributed by atoms with Crippen molar-refractivity contribution in [2.24, 2.45) is 0 Å². The van der Waals surface area contributed by atoms with E-state index in [-0.39, 0.29) is 11.9 Å². The van der Waals surface area contributed by atoms with Gasteiger partial charge in [-0.25, -0.2) is 4.39 Å². The molecular weight excluding hydrogens is 257 g/mol. The van der Waals surface area contributed by atoms with Gasteiger partial charge in [0.15, 0.2) is 0 Å². The maximum absolute atomic E-state index is 13.1. The van der Waals surface area contributed by atoms with Crippen LogP contribution in [0.3, 0.4) is 0 Å². The van der Waals surface area contributed by atoms with Gasteiger partial charge in [-0.2, -0.15) is 0 Å². The Morgan fingerprint density at radius 1 is 1.53 bits per heavy atom. The molecule has 1 unspecified atom stereocenters. The van der Waals surface area contributed by atoms with Crippen molar-refractivity contribution in [3.05, 3.63) is 34.1 Å². The van der Waals surface area contributed by atoms with E-state index in [2.05, 4.69) is 33.1 Å². The molecule has 0 heterocycles. The van der Waals surface area contributed by atoms with Crippen LogP contribution in [0.25, 0.3) is 0 Å². The number of rotatable bonds is 3. The van der Waals surface area contributed by atoms with Crippen molar-refractivity contribution < 1.29 is 4.39 Å². The van der Waals surface area contributed by atoms with Gasteiger partial charge in [-0.05, 0) is 37.7 Å². The Balaban J connectivity index is 2.98. The van der Waals surface area contributed by atoms with Crippen molar-refractivity contribution in [3.63, 3.8) is 0 Å². The molecule has 15 heavy (non-hydrogen) atoms. The Labute approximate surface area is 98.2 Å². The minimum atomic E-state index is -0.224. The third-order valence-electron chi connectivity index (χ3n) is 2.16. The summed E-state index contributed by atoms with van der Waals surface area (Å²) in [6.45, 7) is 1.80. The van der Waals surface area contributed by atoms with Gasteiger partial charge < -0.3 is 5.32 Å². The van der Waals surface area contributed by atoms with Crippen LogP contribution >= 0.6 is 15.9 Å². The van der Waals surface area contributed by atoms with Crippen molar-refractivity contribution in [3.8, 4) is 11.8 Å². The molecule has 1 aromatic rings. The summed E-state index contributed by atoms with van der Waals surface area (Å²) in [4.78, 5) is 0. The van der Waals surface area contributed by atoms with Crippen molar-refractivity contribution in [1.29, 1.82) is 0 Å². The molecule has 3 heteroatoms. The average Bonchev–Trinajstić information content (AvgIpc) is 2.24. The van der Waals surface area contributed by atoms with Crippen LogP contribution in [0, 0.1) is 17.7 Å². The molecule has 0 amide bonds. The minimum Gasteiger partial charge on any atom is -0.312 e. The van der Waals surface area contributed by atoms with Gasteiger partial charge in [-0.1, -0.05) is 15.9 Å². The van der Waals surface area contributed by atoms with Crippen LogP contribution in [0.5, 0.6) is 0 Å². The number of hydrogen-bond acceptors (Lipinski definition) is 1. The van der Waals surface area contributed by atoms with Gasteiger partial charge in [0.05, 0.1) is 0 Å². The second-order valence-electron chi connectivity index (χ2n) is 3.14. The molecule has 0 aliphatic heterocycles. The van der Waals surface area contributed by atoms with Gasteiger partial charge in [-0.3, -0.25) is 0 Å². The minimum absolute atomic E-state index is 0.0579. The maximum Gasteiger partial charge on any atom is 0.123 e. The van der Waals surface area contributed by atoms with Crippen molar-refractivity contribution in [2.45, 2.75) is 19.4 Å². The van der Waals surface area contributed by atoms with E-state index >= 15 is 0 Å². The summed E-state index contributed by atoms with van der Waals surface area (Å²) in [6, 6.07) is 4.74. The highest BCUT2D eigenvalue weighted by molar-refractivity contribution is 9.10. The molecule has 1 rings (SSSR count). The molecule has 0 fully saturated rings. The van der Waals surface area contributed by atoms with Gasteiger partial charge in [0, 0.05) is 16.9 Å². The lowest BCUT2D eigenvalue weighted by Gasteiger charge is -2.15. The van der Waals surface area contributed by atoms with Crippen LogP contribution < -0.4 is 5.32 Å². The molecule has 1 atom stereocenters. The SMILES string of the molecule is CC#CCC(NC)c1cc(F)ccc1Br. The Bertz CT molecular complexity index is 392. The first-order chi connectivity index (χ1) is 7.19. The molecule has 0 spiro atoms. The molecule has 0 bridgehead atoms. The van der Waals surface area contributed by atoms with E-state index in [1.165, 1.54) is 12.1 Å². The zero-order chi connectivity index (χ0) is 11.3. The van der Waals surface area contributed by atoms with Gasteiger partial charge in [-0.15, -0.1) is 11.8 Å². The Kier molecular flexibility index (Phi) is 4.80. The van der Waals surface area contributed by atoms with E-state index in [4.69, 9.17) is 0 Å². The van der Waals surface area contributed by atoms with Crippen molar-refractivity contribution in [1.82, 2.24) is 5.32 Å². The van der Waals surface area contributed by atoms with E-state index in [0.29, 0.717) is 6.42 Å². The lowest BCUT2D eigenvalue weighted by atomic mass is 10.0. The lowest BCUT2D eigenvalue weighted by molar-refractivity contribution is 0.588. The third-order valence-corrected chi connectivity index (χ3v) is 2.89. The summed E-state index contributed by atoms with van der Waals surface area (Å²) in [7, 11) is 1.85. The predicted octanol–water partition coefficient (Wildman–Crippen LogP) is 3.26. The first kappa shape index (κ1) is 12.2. The second kappa shape index (κ2) is 5.89. The van der Waals surface area contributed by atoms with Gasteiger partial charge in [0.25, 0.3) is 0 Å². The summed E-state index contributed by atoms with van der Waals surface area (Å²) in [5.74, 6) is 5.60. The topological polar surface area (TPSA) is 12.0 Å². The molecule has 0 aliphatic rings. The summed E-state index contributed by atoms with van der Waals surface area (Å²) >= 11 is 3.41. The number of nitrogens with one attached hydrogen (secondary N) is 1. The molecule has 1 nitrogen and oxygen atoms in total. The summed E-state index contributed by atoms with van der Waals surface area (Å²) in [6.07, 6.45) is 0.676. The molecule has 0 aliphatic carbocycles. The van der Waals surface area contributed by atoms with Gasteiger partial charge in [0.2, 0.25) is 0 Å². The number of hydrogen-bond donors (Lipinski definition) is 1. The standard InChI is InChI=1S/C12H13BrFN/c1-3-4-5-12(15-2)10-8-9(14)6-7-11(10)13/h6-8,12,15H,5H2,1-2H3. The van der Waals surface area contributed by atoms with Crippen LogP contribution in [0.1, 0.15) is 24.9 Å². The van der Waals surface area contributed by atoms with E-state index < -0.39 is 0 Å². The lowest BCUT2D eigenvalue weighted by Crippen LogP contribution is -2.16. The fraction of sp³-hybridized carbons (Fsp3) is 0.333. The molecule has 0 aromatic heterocycles. The first-order valence-electron chi connectivity index (χ1n) is 4.71. The predicted molar refractivity (Wildman–Crippen MR) is 64.0 cm³/mol. The third kappa shape index (κ3) is 3.33. The first-order valence-corrected chi connectivity index (χ1v) is 5.50. The van der Waals surface area contributed by atoms with Crippen LogP contribution in [-0.4, -0.2) is 7.05 Å². The van der Waals surface area contributed by atoms with E-state index in [9.17, 15) is 4.39 Å². The molecule has 0 saturated carbocycles. The second-order valence-corrected chi connectivity index (χ2v) is 3.99. The van der Waals surface area contributed by atoms with Gasteiger partial charge in [0.1, 0.15) is 5.82 Å². The van der Waals surface area contributed by atoms with E-state index in [1.54, 1.807) is 13.0 Å². The summed E-state index contributed by atoms with van der Waals surface area (Å²) in [5.41, 5.74) is 0.903. The highest BCUT2D eigenvalue weighted by Crippen LogP contribution is 2.25. The smallest absolute Gasteiger partial charge is 0.123 e. The highest BCUT2D eigenvalue weighted by atomic mass is 79.9.